The third-order valence-electron chi connectivity index (χ3n) is 3.62. The summed E-state index contributed by atoms with van der Waals surface area (Å²) in [5.74, 6) is -1.26. The number of amides is 1. The minimum absolute atomic E-state index is 0.0389. The Morgan fingerprint density at radius 1 is 1.21 bits per heavy atom. The molecule has 1 aliphatic rings. The Hall–Kier alpha value is -1.91. The van der Waals surface area contributed by atoms with Crippen molar-refractivity contribution in [3.8, 4) is 0 Å². The Labute approximate surface area is 112 Å². The van der Waals surface area contributed by atoms with Crippen LogP contribution in [0.1, 0.15) is 42.5 Å². The van der Waals surface area contributed by atoms with E-state index in [1.807, 2.05) is 0 Å². The number of nitrogens with zero attached hydrogens (tertiary/aromatic N) is 1. The molecule has 0 aliphatic heterocycles. The zero-order valence-corrected chi connectivity index (χ0v) is 10.7. The van der Waals surface area contributed by atoms with Crippen LogP contribution in [0.3, 0.4) is 0 Å². The third kappa shape index (κ3) is 3.53. The first-order valence-corrected chi connectivity index (χ1v) is 6.62. The van der Waals surface area contributed by atoms with Crippen LogP contribution >= 0.6 is 0 Å². The average Bonchev–Trinajstić information content (AvgIpc) is 2.46. The summed E-state index contributed by atoms with van der Waals surface area (Å²) in [5.41, 5.74) is 0.442. The molecule has 0 saturated heterocycles. The largest absolute Gasteiger partial charge is 0.480 e. The fourth-order valence-corrected chi connectivity index (χ4v) is 2.58. The van der Waals surface area contributed by atoms with E-state index in [2.05, 4.69) is 10.3 Å². The Kier molecular flexibility index (Phi) is 4.49. The van der Waals surface area contributed by atoms with Crippen molar-refractivity contribution in [2.24, 2.45) is 5.92 Å². The van der Waals surface area contributed by atoms with Crippen LogP contribution in [-0.2, 0) is 4.79 Å². The van der Waals surface area contributed by atoms with Crippen molar-refractivity contribution in [1.29, 1.82) is 0 Å². The highest BCUT2D eigenvalue weighted by atomic mass is 16.4. The maximum atomic E-state index is 12.0. The minimum atomic E-state index is -0.950. The van der Waals surface area contributed by atoms with Crippen LogP contribution in [-0.4, -0.2) is 28.0 Å². The molecule has 2 rings (SSSR count). The molecule has 0 unspecified atom stereocenters. The predicted octanol–water partition coefficient (Wildman–Crippen LogP) is 1.84. The number of carboxylic acid groups (broad SMARTS) is 1. The maximum Gasteiger partial charge on any atom is 0.326 e. The molecule has 1 aliphatic carbocycles. The number of pyridine rings is 1. The monoisotopic (exact) mass is 262 g/mol. The van der Waals surface area contributed by atoms with E-state index in [0.717, 1.165) is 32.1 Å². The number of aromatic nitrogens is 1. The second kappa shape index (κ2) is 6.31. The van der Waals surface area contributed by atoms with Crippen LogP contribution in [0.2, 0.25) is 0 Å². The van der Waals surface area contributed by atoms with Crippen molar-refractivity contribution in [3.63, 3.8) is 0 Å². The van der Waals surface area contributed by atoms with Gasteiger partial charge in [0.25, 0.3) is 5.91 Å². The Balaban J connectivity index is 2.04. The molecule has 0 bridgehead atoms. The van der Waals surface area contributed by atoms with E-state index in [4.69, 9.17) is 0 Å². The van der Waals surface area contributed by atoms with E-state index >= 15 is 0 Å². The molecular weight excluding hydrogens is 244 g/mol. The van der Waals surface area contributed by atoms with Gasteiger partial charge >= 0.3 is 5.97 Å². The Bertz CT molecular complexity index is 441. The number of nitrogens with one attached hydrogen (secondary N) is 1. The van der Waals surface area contributed by atoms with Gasteiger partial charge < -0.3 is 10.4 Å². The molecule has 102 valence electrons. The molecular formula is C14H18N2O3. The van der Waals surface area contributed by atoms with Crippen LogP contribution in [0, 0.1) is 5.92 Å². The molecule has 19 heavy (non-hydrogen) atoms. The van der Waals surface area contributed by atoms with Gasteiger partial charge in [-0.05, 0) is 30.9 Å². The molecule has 1 aromatic heterocycles. The van der Waals surface area contributed by atoms with Gasteiger partial charge in [0.05, 0.1) is 0 Å². The van der Waals surface area contributed by atoms with E-state index in [-0.39, 0.29) is 11.8 Å². The van der Waals surface area contributed by atoms with Gasteiger partial charge in [0.2, 0.25) is 0 Å². The number of hydrogen-bond donors (Lipinski definition) is 2. The van der Waals surface area contributed by atoms with Crippen LogP contribution in [0.15, 0.2) is 24.5 Å². The summed E-state index contributed by atoms with van der Waals surface area (Å²) in [7, 11) is 0. The standard InChI is InChI=1S/C14H18N2O3/c17-13(11-6-8-15-9-7-11)16-12(14(18)19)10-4-2-1-3-5-10/h6-10,12H,1-5H2,(H,16,17)(H,18,19)/t12-/m1/s1. The molecule has 1 aromatic rings. The van der Waals surface area contributed by atoms with Crippen LogP contribution in [0.5, 0.6) is 0 Å². The summed E-state index contributed by atoms with van der Waals surface area (Å²) >= 11 is 0. The predicted molar refractivity (Wildman–Crippen MR) is 69.7 cm³/mol. The molecule has 1 saturated carbocycles. The van der Waals surface area contributed by atoms with Gasteiger partial charge in [-0.2, -0.15) is 0 Å². The smallest absolute Gasteiger partial charge is 0.326 e. The first-order chi connectivity index (χ1) is 9.18. The van der Waals surface area contributed by atoms with Gasteiger partial charge in [0.15, 0.2) is 0 Å². The topological polar surface area (TPSA) is 79.3 Å². The molecule has 1 amide bonds. The minimum Gasteiger partial charge on any atom is -0.480 e. The van der Waals surface area contributed by atoms with Gasteiger partial charge in [0.1, 0.15) is 6.04 Å². The molecule has 1 heterocycles. The van der Waals surface area contributed by atoms with E-state index in [9.17, 15) is 14.7 Å². The molecule has 0 spiro atoms. The first kappa shape index (κ1) is 13.5. The van der Waals surface area contributed by atoms with Crippen molar-refractivity contribution >= 4 is 11.9 Å². The number of carbonyl (C=O) groups excluding carboxylic acids is 1. The van der Waals surface area contributed by atoms with E-state index < -0.39 is 12.0 Å². The van der Waals surface area contributed by atoms with E-state index in [1.54, 1.807) is 12.1 Å². The van der Waals surface area contributed by atoms with Gasteiger partial charge in [-0.25, -0.2) is 4.79 Å². The second-order valence-electron chi connectivity index (χ2n) is 4.92. The molecule has 1 fully saturated rings. The molecule has 5 nitrogen and oxygen atoms in total. The molecule has 2 N–H and O–H groups in total. The van der Waals surface area contributed by atoms with Gasteiger partial charge in [-0.3, -0.25) is 9.78 Å². The van der Waals surface area contributed by atoms with Crippen molar-refractivity contribution in [3.05, 3.63) is 30.1 Å². The third-order valence-corrected chi connectivity index (χ3v) is 3.62. The lowest BCUT2D eigenvalue weighted by atomic mass is 9.84. The average molecular weight is 262 g/mol. The van der Waals surface area contributed by atoms with Gasteiger partial charge in [-0.1, -0.05) is 19.3 Å². The fraction of sp³-hybridized carbons (Fsp3) is 0.500. The van der Waals surface area contributed by atoms with Crippen molar-refractivity contribution in [2.45, 2.75) is 38.1 Å². The molecule has 0 radical (unpaired) electrons. The lowest BCUT2D eigenvalue weighted by Crippen LogP contribution is -2.46. The summed E-state index contributed by atoms with van der Waals surface area (Å²) in [5, 5.41) is 11.9. The number of rotatable bonds is 4. The first-order valence-electron chi connectivity index (χ1n) is 6.62. The number of hydrogen-bond acceptors (Lipinski definition) is 3. The number of carbonyl (C=O) groups is 2. The van der Waals surface area contributed by atoms with Crippen LogP contribution in [0.25, 0.3) is 0 Å². The molecule has 0 aromatic carbocycles. The summed E-state index contributed by atoms with van der Waals surface area (Å²) in [4.78, 5) is 27.2. The maximum absolute atomic E-state index is 12.0. The van der Waals surface area contributed by atoms with Crippen molar-refractivity contribution in [1.82, 2.24) is 10.3 Å². The molecule has 1 atom stereocenters. The zero-order chi connectivity index (χ0) is 13.7. The Morgan fingerprint density at radius 2 is 1.84 bits per heavy atom. The Morgan fingerprint density at radius 3 is 2.42 bits per heavy atom. The lowest BCUT2D eigenvalue weighted by Gasteiger charge is -2.28. The van der Waals surface area contributed by atoms with Crippen molar-refractivity contribution < 1.29 is 14.7 Å². The van der Waals surface area contributed by atoms with Crippen molar-refractivity contribution in [2.75, 3.05) is 0 Å². The summed E-state index contributed by atoms with van der Waals surface area (Å²) in [6.07, 6.45) is 8.01. The highest BCUT2D eigenvalue weighted by molar-refractivity contribution is 5.96. The number of carboxylic acids is 1. The second-order valence-corrected chi connectivity index (χ2v) is 4.92. The van der Waals surface area contributed by atoms with E-state index in [0.29, 0.717) is 5.56 Å². The highest BCUT2D eigenvalue weighted by Gasteiger charge is 2.30. The van der Waals surface area contributed by atoms with Crippen LogP contribution < -0.4 is 5.32 Å². The SMILES string of the molecule is O=C(N[C@@H](C(=O)O)C1CCCCC1)c1ccncc1. The normalized spacial score (nSPS) is 17.7. The quantitative estimate of drug-likeness (QED) is 0.867. The summed E-state index contributed by atoms with van der Waals surface area (Å²) in [6.45, 7) is 0. The lowest BCUT2D eigenvalue weighted by molar-refractivity contribution is -0.141. The molecule has 5 heteroatoms. The zero-order valence-electron chi connectivity index (χ0n) is 10.7. The van der Waals surface area contributed by atoms with E-state index in [1.165, 1.54) is 12.4 Å². The van der Waals surface area contributed by atoms with Gasteiger partial charge in [0, 0.05) is 18.0 Å². The van der Waals surface area contributed by atoms with Gasteiger partial charge in [-0.15, -0.1) is 0 Å². The van der Waals surface area contributed by atoms with Crippen LogP contribution in [0.4, 0.5) is 0 Å². The fourth-order valence-electron chi connectivity index (χ4n) is 2.58. The number of aliphatic carboxylic acids is 1. The summed E-state index contributed by atoms with van der Waals surface area (Å²) in [6, 6.07) is 2.37. The highest BCUT2D eigenvalue weighted by Crippen LogP contribution is 2.26. The summed E-state index contributed by atoms with van der Waals surface area (Å²) < 4.78 is 0.